The molecule has 2 aromatic carbocycles. The van der Waals surface area contributed by atoms with Gasteiger partial charge in [-0.15, -0.1) is 0 Å². The second-order valence-electron chi connectivity index (χ2n) is 6.53. The van der Waals surface area contributed by atoms with Gasteiger partial charge in [-0.25, -0.2) is 8.42 Å². The van der Waals surface area contributed by atoms with Gasteiger partial charge in [0.15, 0.2) is 0 Å². The van der Waals surface area contributed by atoms with Crippen LogP contribution >= 0.6 is 11.3 Å². The molecule has 4 rings (SSSR count). The fourth-order valence-electron chi connectivity index (χ4n) is 3.38. The van der Waals surface area contributed by atoms with Crippen molar-refractivity contribution in [2.24, 2.45) is 0 Å². The zero-order valence-corrected chi connectivity index (χ0v) is 15.9. The van der Waals surface area contributed by atoms with Gasteiger partial charge in [0.05, 0.1) is 21.7 Å². The fraction of sp³-hybridized carbons (Fsp3) is 0.316. The third kappa shape index (κ3) is 3.22. The largest absolute Gasteiger partial charge is 0.308 e. The number of benzene rings is 2. The lowest BCUT2D eigenvalue weighted by Crippen LogP contribution is -2.35. The molecule has 0 atom stereocenters. The summed E-state index contributed by atoms with van der Waals surface area (Å²) < 4.78 is 29.7. The van der Waals surface area contributed by atoms with Crippen molar-refractivity contribution in [2.75, 3.05) is 13.1 Å². The first-order chi connectivity index (χ1) is 12.6. The Balaban J connectivity index is 1.72. The minimum atomic E-state index is -3.49. The lowest BCUT2D eigenvalue weighted by atomic mass is 10.2. The van der Waals surface area contributed by atoms with Gasteiger partial charge in [-0.1, -0.05) is 48.1 Å². The van der Waals surface area contributed by atoms with E-state index in [0.717, 1.165) is 41.7 Å². The van der Waals surface area contributed by atoms with Crippen LogP contribution in [0.4, 0.5) is 0 Å². The Morgan fingerprint density at radius 2 is 1.69 bits per heavy atom. The molecule has 1 saturated heterocycles. The minimum Gasteiger partial charge on any atom is -0.294 e. The highest BCUT2D eigenvalue weighted by atomic mass is 32.2. The first-order valence-electron chi connectivity index (χ1n) is 8.73. The standard InChI is InChI=1S/C19H20N2O3S2/c22-19-21(14-15-7-3-1-4-8-15)17-10-9-16(13-18(17)25-19)26(23,24)20-11-5-2-6-12-20/h1,3-4,7-10,13H,2,5-6,11-12,14H2. The number of fused-ring (bicyclic) bond motifs is 1. The van der Waals surface area contributed by atoms with Crippen LogP contribution in [0.2, 0.25) is 0 Å². The average Bonchev–Trinajstić information content (AvgIpc) is 2.98. The number of hydrogen-bond acceptors (Lipinski definition) is 4. The average molecular weight is 389 g/mol. The van der Waals surface area contributed by atoms with Crippen LogP contribution in [0, 0.1) is 0 Å². The summed E-state index contributed by atoms with van der Waals surface area (Å²) in [5, 5.41) is 0. The van der Waals surface area contributed by atoms with Gasteiger partial charge in [-0.2, -0.15) is 4.31 Å². The molecule has 0 unspecified atom stereocenters. The number of thiazole rings is 1. The van der Waals surface area contributed by atoms with Crippen LogP contribution in [-0.4, -0.2) is 30.4 Å². The second-order valence-corrected chi connectivity index (χ2v) is 9.47. The molecule has 0 spiro atoms. The molecule has 0 amide bonds. The molecule has 0 aliphatic carbocycles. The molecule has 3 aromatic rings. The Morgan fingerprint density at radius 1 is 0.962 bits per heavy atom. The summed E-state index contributed by atoms with van der Waals surface area (Å²) in [5.74, 6) is 0. The van der Waals surface area contributed by atoms with E-state index in [-0.39, 0.29) is 9.77 Å². The van der Waals surface area contributed by atoms with Crippen LogP contribution in [0.15, 0.2) is 58.2 Å². The van der Waals surface area contributed by atoms with Gasteiger partial charge in [-0.05, 0) is 36.6 Å². The summed E-state index contributed by atoms with van der Waals surface area (Å²) in [6.07, 6.45) is 2.89. The molecule has 0 radical (unpaired) electrons. The van der Waals surface area contributed by atoms with E-state index in [1.807, 2.05) is 30.3 Å². The lowest BCUT2D eigenvalue weighted by Gasteiger charge is -2.25. The Labute approximate surface area is 156 Å². The van der Waals surface area contributed by atoms with E-state index in [1.165, 1.54) is 0 Å². The van der Waals surface area contributed by atoms with Crippen LogP contribution in [0.1, 0.15) is 24.8 Å². The molecule has 1 aromatic heterocycles. The topological polar surface area (TPSA) is 59.4 Å². The van der Waals surface area contributed by atoms with Crippen LogP contribution in [0.3, 0.4) is 0 Å². The molecule has 1 aliphatic rings. The molecule has 136 valence electrons. The summed E-state index contributed by atoms with van der Waals surface area (Å²) in [6, 6.07) is 14.8. The normalized spacial score (nSPS) is 16.2. The van der Waals surface area contributed by atoms with Gasteiger partial charge in [0.2, 0.25) is 10.0 Å². The SMILES string of the molecule is O=c1sc2cc(S(=O)(=O)N3CCCCC3)ccc2n1Cc1ccccc1. The molecule has 0 N–H and O–H groups in total. The Kier molecular flexibility index (Phi) is 4.69. The van der Waals surface area contributed by atoms with Gasteiger partial charge in [0.25, 0.3) is 0 Å². The summed E-state index contributed by atoms with van der Waals surface area (Å²) in [6.45, 7) is 1.63. The minimum absolute atomic E-state index is 0.0728. The number of nitrogens with zero attached hydrogens (tertiary/aromatic N) is 2. The van der Waals surface area contributed by atoms with Crippen LogP contribution in [0.25, 0.3) is 10.2 Å². The van der Waals surface area contributed by atoms with Gasteiger partial charge in [0, 0.05) is 13.1 Å². The molecular weight excluding hydrogens is 368 g/mol. The molecule has 2 heterocycles. The molecule has 0 bridgehead atoms. The molecule has 5 nitrogen and oxygen atoms in total. The zero-order chi connectivity index (χ0) is 18.1. The first kappa shape index (κ1) is 17.5. The summed E-state index contributed by atoms with van der Waals surface area (Å²) in [7, 11) is -3.49. The van der Waals surface area contributed by atoms with Crippen molar-refractivity contribution < 1.29 is 8.42 Å². The third-order valence-electron chi connectivity index (χ3n) is 4.78. The Morgan fingerprint density at radius 3 is 2.42 bits per heavy atom. The molecule has 7 heteroatoms. The maximum atomic E-state index is 12.9. The fourth-order valence-corrected chi connectivity index (χ4v) is 5.93. The van der Waals surface area contributed by atoms with Crippen molar-refractivity contribution in [3.8, 4) is 0 Å². The Bertz CT molecular complexity index is 1080. The third-order valence-corrected chi connectivity index (χ3v) is 7.61. The van der Waals surface area contributed by atoms with E-state index in [1.54, 1.807) is 27.1 Å². The van der Waals surface area contributed by atoms with Crippen molar-refractivity contribution in [3.63, 3.8) is 0 Å². The molecule has 1 aliphatic heterocycles. The van der Waals surface area contributed by atoms with Crippen molar-refractivity contribution in [1.29, 1.82) is 0 Å². The predicted octanol–water partition coefficient (Wildman–Crippen LogP) is 3.29. The molecule has 1 fully saturated rings. The molecule has 26 heavy (non-hydrogen) atoms. The van der Waals surface area contributed by atoms with Gasteiger partial charge >= 0.3 is 4.87 Å². The number of aromatic nitrogens is 1. The van der Waals surface area contributed by atoms with Crippen molar-refractivity contribution in [3.05, 3.63) is 63.8 Å². The lowest BCUT2D eigenvalue weighted by molar-refractivity contribution is 0.346. The van der Waals surface area contributed by atoms with Crippen LogP contribution in [0.5, 0.6) is 0 Å². The summed E-state index contributed by atoms with van der Waals surface area (Å²) in [4.78, 5) is 12.6. The summed E-state index contributed by atoms with van der Waals surface area (Å²) in [5.41, 5.74) is 1.82. The maximum absolute atomic E-state index is 12.9. The quantitative estimate of drug-likeness (QED) is 0.689. The van der Waals surface area contributed by atoms with Gasteiger partial charge in [0.1, 0.15) is 0 Å². The first-order valence-corrected chi connectivity index (χ1v) is 11.0. The number of rotatable bonds is 4. The molecule has 0 saturated carbocycles. The highest BCUT2D eigenvalue weighted by molar-refractivity contribution is 7.89. The number of hydrogen-bond donors (Lipinski definition) is 0. The van der Waals surface area contributed by atoms with E-state index < -0.39 is 10.0 Å². The van der Waals surface area contributed by atoms with E-state index in [9.17, 15) is 13.2 Å². The predicted molar refractivity (Wildman–Crippen MR) is 104 cm³/mol. The van der Waals surface area contributed by atoms with Crippen molar-refractivity contribution in [1.82, 2.24) is 8.87 Å². The Hall–Kier alpha value is -1.96. The van der Waals surface area contributed by atoms with Crippen molar-refractivity contribution in [2.45, 2.75) is 30.7 Å². The monoisotopic (exact) mass is 388 g/mol. The van der Waals surface area contributed by atoms with E-state index in [4.69, 9.17) is 0 Å². The van der Waals surface area contributed by atoms with E-state index in [0.29, 0.717) is 24.3 Å². The second kappa shape index (κ2) is 6.98. The maximum Gasteiger partial charge on any atom is 0.308 e. The van der Waals surface area contributed by atoms with Crippen LogP contribution in [-0.2, 0) is 16.6 Å². The molecular formula is C19H20N2O3S2. The van der Waals surface area contributed by atoms with Gasteiger partial charge < -0.3 is 0 Å². The number of sulfonamides is 1. The van der Waals surface area contributed by atoms with E-state index >= 15 is 0 Å². The number of piperidine rings is 1. The smallest absolute Gasteiger partial charge is 0.294 e. The zero-order valence-electron chi connectivity index (χ0n) is 14.3. The van der Waals surface area contributed by atoms with E-state index in [2.05, 4.69) is 0 Å². The van der Waals surface area contributed by atoms with Crippen LogP contribution < -0.4 is 4.87 Å². The van der Waals surface area contributed by atoms with Gasteiger partial charge in [-0.3, -0.25) is 9.36 Å². The highest BCUT2D eigenvalue weighted by Gasteiger charge is 2.26. The van der Waals surface area contributed by atoms with Crippen molar-refractivity contribution >= 4 is 31.6 Å². The summed E-state index contributed by atoms with van der Waals surface area (Å²) >= 11 is 1.10. The highest BCUT2D eigenvalue weighted by Crippen LogP contribution is 2.26.